The number of halogens is 1. The first kappa shape index (κ1) is 26.3. The molecule has 0 spiro atoms. The fourth-order valence-corrected chi connectivity index (χ4v) is 5.97. The Kier molecular flexibility index (Phi) is 8.32. The molecule has 1 N–H and O–H groups in total. The summed E-state index contributed by atoms with van der Waals surface area (Å²) in [6.07, 6.45) is 8.90. The molecule has 200 valence electrons. The lowest BCUT2D eigenvalue weighted by atomic mass is 9.68. The van der Waals surface area contributed by atoms with E-state index < -0.39 is 5.41 Å². The van der Waals surface area contributed by atoms with Crippen LogP contribution in [-0.4, -0.2) is 28.8 Å². The van der Waals surface area contributed by atoms with Gasteiger partial charge in [-0.2, -0.15) is 0 Å². The van der Waals surface area contributed by atoms with E-state index >= 15 is 0 Å². The highest BCUT2D eigenvalue weighted by Gasteiger charge is 2.47. The molecule has 5 rings (SSSR count). The number of hydrogen-bond acceptors (Lipinski definition) is 6. The summed E-state index contributed by atoms with van der Waals surface area (Å²) in [6, 6.07) is 16.2. The third kappa shape index (κ3) is 5.73. The van der Waals surface area contributed by atoms with Gasteiger partial charge in [-0.05, 0) is 68.0 Å². The fourth-order valence-electron chi connectivity index (χ4n) is 5.97. The zero-order valence-electron chi connectivity index (χ0n) is 21.8. The molecular formula is C31H36FN3O3. The molecule has 1 heterocycles. The molecule has 2 unspecified atom stereocenters. The minimum absolute atomic E-state index is 0.158. The monoisotopic (exact) mass is 517 g/mol. The second-order valence-electron chi connectivity index (χ2n) is 10.6. The van der Waals surface area contributed by atoms with E-state index in [2.05, 4.69) is 22.1 Å². The molecule has 0 radical (unpaired) electrons. The maximum atomic E-state index is 14.2. The molecular weight excluding hydrogens is 481 g/mol. The zero-order valence-corrected chi connectivity index (χ0v) is 21.8. The third-order valence-electron chi connectivity index (χ3n) is 8.24. The topological polar surface area (TPSA) is 77.2 Å². The molecule has 0 amide bonds. The zero-order chi connectivity index (χ0) is 26.4. The number of esters is 1. The number of benzene rings is 2. The largest absolute Gasteiger partial charge is 0.461 e. The average molecular weight is 518 g/mol. The highest BCUT2D eigenvalue weighted by Crippen LogP contribution is 2.44. The van der Waals surface area contributed by atoms with Crippen LogP contribution in [0.25, 0.3) is 11.5 Å². The molecule has 2 aliphatic rings. The molecule has 2 saturated carbocycles. The Morgan fingerprint density at radius 3 is 2.63 bits per heavy atom. The quantitative estimate of drug-likeness (QED) is 0.146. The van der Waals surface area contributed by atoms with Gasteiger partial charge in [0.1, 0.15) is 11.9 Å². The van der Waals surface area contributed by atoms with E-state index in [0.717, 1.165) is 56.2 Å². The van der Waals surface area contributed by atoms with Crippen molar-refractivity contribution in [2.75, 3.05) is 6.54 Å². The number of carbonyl (C=O) groups excluding carboxylic acids is 1. The van der Waals surface area contributed by atoms with E-state index in [0.29, 0.717) is 37.1 Å². The number of rotatable bonds is 10. The van der Waals surface area contributed by atoms with Gasteiger partial charge in [-0.3, -0.25) is 4.79 Å². The summed E-state index contributed by atoms with van der Waals surface area (Å²) in [5.41, 5.74) is 0.871. The number of ether oxygens (including phenoxy) is 1. The first-order valence-corrected chi connectivity index (χ1v) is 13.8. The fraction of sp³-hybridized carbons (Fsp3) is 0.452. The molecule has 0 aliphatic heterocycles. The lowest BCUT2D eigenvalue weighted by molar-refractivity contribution is -0.169. The molecule has 2 aromatic carbocycles. The number of nitrogens with zero attached hydrogens (tertiary/aromatic N) is 2. The maximum Gasteiger partial charge on any atom is 0.316 e. The molecule has 2 aliphatic carbocycles. The average Bonchev–Trinajstić information content (AvgIpc) is 3.26. The summed E-state index contributed by atoms with van der Waals surface area (Å²) in [5, 5.41) is 11.7. The molecule has 0 saturated heterocycles. The number of hydrogen-bond donors (Lipinski definition) is 1. The summed E-state index contributed by atoms with van der Waals surface area (Å²) < 4.78 is 26.1. The van der Waals surface area contributed by atoms with Crippen LogP contribution in [0.4, 0.5) is 4.39 Å². The number of carbonyl (C=O) groups is 1. The van der Waals surface area contributed by atoms with Crippen LogP contribution in [0, 0.1) is 17.7 Å². The molecule has 7 heteroatoms. The van der Waals surface area contributed by atoms with Crippen molar-refractivity contribution in [3.63, 3.8) is 0 Å². The van der Waals surface area contributed by atoms with Gasteiger partial charge in [0.2, 0.25) is 11.8 Å². The van der Waals surface area contributed by atoms with Crippen molar-refractivity contribution in [3.05, 3.63) is 84.5 Å². The van der Waals surface area contributed by atoms with Gasteiger partial charge < -0.3 is 14.5 Å². The molecule has 3 aromatic rings. The summed E-state index contributed by atoms with van der Waals surface area (Å²) in [4.78, 5) is 13.7. The van der Waals surface area contributed by atoms with Crippen LogP contribution in [0.3, 0.4) is 0 Å². The number of aromatic nitrogens is 2. The summed E-state index contributed by atoms with van der Waals surface area (Å²) in [6.45, 7) is 5.19. The van der Waals surface area contributed by atoms with Crippen molar-refractivity contribution in [1.82, 2.24) is 15.5 Å². The second-order valence-corrected chi connectivity index (χ2v) is 10.6. The van der Waals surface area contributed by atoms with Gasteiger partial charge in [0.15, 0.2) is 0 Å². The number of nitrogens with one attached hydrogen (secondary N) is 1. The third-order valence-corrected chi connectivity index (χ3v) is 8.24. The Morgan fingerprint density at radius 1 is 1.11 bits per heavy atom. The summed E-state index contributed by atoms with van der Waals surface area (Å²) in [7, 11) is 0. The molecule has 6 nitrogen and oxygen atoms in total. The Morgan fingerprint density at radius 2 is 1.89 bits per heavy atom. The second kappa shape index (κ2) is 12.0. The van der Waals surface area contributed by atoms with Gasteiger partial charge in [0.05, 0.1) is 12.0 Å². The van der Waals surface area contributed by atoms with E-state index in [4.69, 9.17) is 9.15 Å². The summed E-state index contributed by atoms with van der Waals surface area (Å²) >= 11 is 0. The van der Waals surface area contributed by atoms with E-state index in [1.807, 2.05) is 42.5 Å². The number of allylic oxidation sites excluding steroid dienone is 1. The lowest BCUT2D eigenvalue weighted by Crippen LogP contribution is -2.48. The molecule has 2 fully saturated rings. The van der Waals surface area contributed by atoms with Crippen LogP contribution in [-0.2, 0) is 21.5 Å². The normalized spacial score (nSPS) is 22.7. The van der Waals surface area contributed by atoms with Crippen LogP contribution in [0.2, 0.25) is 0 Å². The van der Waals surface area contributed by atoms with Gasteiger partial charge in [0.25, 0.3) is 0 Å². The van der Waals surface area contributed by atoms with Gasteiger partial charge in [0, 0.05) is 11.5 Å². The standard InChI is InChI=1S/C31H36FN3O3/c1-2-22-19-27(26(22)15-18-33-21-28-34-35-29(38-28)23-11-6-5-7-12-23)37-30(36)31(16-8-3-4-9-17-31)24-13-10-14-25(32)20-24/h2,5-7,10-14,20,22,26-27,33H,1,3-4,8-9,15-19,21H2/t22?,26?,27-/m0/s1. The Balaban J connectivity index is 1.18. The van der Waals surface area contributed by atoms with Crippen LogP contribution >= 0.6 is 0 Å². The maximum absolute atomic E-state index is 14.2. The highest BCUT2D eigenvalue weighted by atomic mass is 19.1. The van der Waals surface area contributed by atoms with Crippen LogP contribution in [0.1, 0.15) is 62.8 Å². The molecule has 38 heavy (non-hydrogen) atoms. The smallest absolute Gasteiger partial charge is 0.316 e. The van der Waals surface area contributed by atoms with E-state index in [-0.39, 0.29) is 23.8 Å². The lowest BCUT2D eigenvalue weighted by Gasteiger charge is -2.44. The minimum atomic E-state index is -0.769. The van der Waals surface area contributed by atoms with Crippen molar-refractivity contribution in [1.29, 1.82) is 0 Å². The van der Waals surface area contributed by atoms with E-state index in [9.17, 15) is 9.18 Å². The van der Waals surface area contributed by atoms with Crippen LogP contribution in [0.5, 0.6) is 0 Å². The SMILES string of the molecule is C=CC1C[C@H](OC(=O)C2(c3cccc(F)c3)CCCCCC2)C1CCNCc1nnc(-c2ccccc2)o1. The van der Waals surface area contributed by atoms with Gasteiger partial charge in [-0.1, -0.05) is 62.1 Å². The predicted molar refractivity (Wildman–Crippen MR) is 144 cm³/mol. The molecule has 1 aromatic heterocycles. The Labute approximate surface area is 223 Å². The first-order valence-electron chi connectivity index (χ1n) is 13.8. The Hall–Kier alpha value is -3.32. The molecule has 0 bridgehead atoms. The van der Waals surface area contributed by atoms with Crippen LogP contribution in [0.15, 0.2) is 71.7 Å². The molecule has 3 atom stereocenters. The van der Waals surface area contributed by atoms with Crippen molar-refractivity contribution < 1.29 is 18.3 Å². The van der Waals surface area contributed by atoms with Gasteiger partial charge in [-0.25, -0.2) is 4.39 Å². The minimum Gasteiger partial charge on any atom is -0.461 e. The van der Waals surface area contributed by atoms with Crippen molar-refractivity contribution >= 4 is 5.97 Å². The van der Waals surface area contributed by atoms with Crippen molar-refractivity contribution in [3.8, 4) is 11.5 Å². The van der Waals surface area contributed by atoms with Crippen molar-refractivity contribution in [2.45, 2.75) is 69.4 Å². The highest BCUT2D eigenvalue weighted by molar-refractivity contribution is 5.83. The van der Waals surface area contributed by atoms with Gasteiger partial charge in [-0.15, -0.1) is 16.8 Å². The Bertz CT molecular complexity index is 1220. The van der Waals surface area contributed by atoms with Gasteiger partial charge >= 0.3 is 5.97 Å². The van der Waals surface area contributed by atoms with E-state index in [1.165, 1.54) is 12.1 Å². The van der Waals surface area contributed by atoms with E-state index in [1.54, 1.807) is 6.07 Å². The first-order chi connectivity index (χ1) is 18.6. The summed E-state index contributed by atoms with van der Waals surface area (Å²) in [5.74, 6) is 1.03. The predicted octanol–water partition coefficient (Wildman–Crippen LogP) is 6.38. The van der Waals surface area contributed by atoms with Crippen LogP contribution < -0.4 is 5.32 Å². The van der Waals surface area contributed by atoms with Crippen molar-refractivity contribution in [2.24, 2.45) is 11.8 Å².